The number of hydrogen-bond acceptors (Lipinski definition) is 0. The van der Waals surface area contributed by atoms with Crippen molar-refractivity contribution in [1.29, 1.82) is 0 Å². The molecule has 6 aromatic rings. The van der Waals surface area contributed by atoms with E-state index in [0.717, 1.165) is 12.8 Å². The van der Waals surface area contributed by atoms with Crippen LogP contribution in [0.5, 0.6) is 0 Å². The minimum atomic E-state index is -3.29. The summed E-state index contributed by atoms with van der Waals surface area (Å²) in [5.74, 6) is 0. The number of allylic oxidation sites excluding steroid dienone is 2. The average molecular weight is 811 g/mol. The van der Waals surface area contributed by atoms with E-state index in [2.05, 4.69) is 181 Å². The van der Waals surface area contributed by atoms with Crippen molar-refractivity contribution in [2.24, 2.45) is 5.41 Å². The third kappa shape index (κ3) is 5.03. The van der Waals surface area contributed by atoms with Gasteiger partial charge in [0.05, 0.1) is 0 Å². The van der Waals surface area contributed by atoms with Crippen LogP contribution in [-0.4, -0.2) is 0 Å². The van der Waals surface area contributed by atoms with Gasteiger partial charge in [0.25, 0.3) is 0 Å². The maximum absolute atomic E-state index is 3.29. The summed E-state index contributed by atoms with van der Waals surface area (Å²) < 4.78 is 6.57. The molecule has 2 aliphatic carbocycles. The van der Waals surface area contributed by atoms with Gasteiger partial charge >= 0.3 is 304 Å². The monoisotopic (exact) mass is 812 g/mol. The van der Waals surface area contributed by atoms with Crippen molar-refractivity contribution in [3.8, 4) is 22.3 Å². The van der Waals surface area contributed by atoms with Crippen LogP contribution in [0.1, 0.15) is 51.9 Å². The molecule has 6 aromatic carbocycles. The van der Waals surface area contributed by atoms with Crippen LogP contribution in [0.15, 0.2) is 157 Å². The summed E-state index contributed by atoms with van der Waals surface area (Å²) in [6, 6.07) is 55.4. The Morgan fingerprint density at radius 1 is 0.460 bits per heavy atom. The van der Waals surface area contributed by atoms with E-state index in [1.54, 1.807) is 22.3 Å². The summed E-state index contributed by atoms with van der Waals surface area (Å²) in [7, 11) is 0. The van der Waals surface area contributed by atoms with Gasteiger partial charge < -0.3 is 0 Å². The summed E-state index contributed by atoms with van der Waals surface area (Å²) in [6.45, 7) is 4.37. The quantitative estimate of drug-likeness (QED) is 0.147. The molecule has 0 spiro atoms. The Kier molecular flexibility index (Phi) is 7.70. The van der Waals surface area contributed by atoms with E-state index in [0.29, 0.717) is 7.35 Å². The van der Waals surface area contributed by atoms with E-state index in [9.17, 15) is 0 Å². The topological polar surface area (TPSA) is 0 Å². The first-order valence-electron chi connectivity index (χ1n) is 18.3. The summed E-state index contributed by atoms with van der Waals surface area (Å²) in [4.78, 5) is 0. The zero-order valence-corrected chi connectivity index (χ0v) is 33.2. The van der Waals surface area contributed by atoms with E-state index < -0.39 is 20.0 Å². The fourth-order valence-corrected chi connectivity index (χ4v) is 27.0. The van der Waals surface area contributed by atoms with E-state index in [1.165, 1.54) is 55.6 Å². The van der Waals surface area contributed by atoms with Crippen LogP contribution in [-0.2, 0) is 32.8 Å². The minimum absolute atomic E-state index is 0.152. The Balaban J connectivity index is 1.34. The Morgan fingerprint density at radius 2 is 0.860 bits per heavy atom. The van der Waals surface area contributed by atoms with Gasteiger partial charge in [-0.05, 0) is 0 Å². The molecule has 1 fully saturated rings. The fraction of sp³-hybridized carbons (Fsp3) is 0.184. The molecule has 1 heteroatoms. The summed E-state index contributed by atoms with van der Waals surface area (Å²) in [6.07, 6.45) is 7.39. The molecule has 0 bridgehead atoms. The molecule has 0 nitrogen and oxygen atoms in total. The van der Waals surface area contributed by atoms with E-state index in [4.69, 9.17) is 0 Å². The predicted molar refractivity (Wildman–Crippen MR) is 209 cm³/mol. The number of hydrogen-bond donors (Lipinski definition) is 0. The fourth-order valence-electron chi connectivity index (χ4n) is 9.90. The van der Waals surface area contributed by atoms with Crippen molar-refractivity contribution in [3.63, 3.8) is 0 Å². The van der Waals surface area contributed by atoms with Crippen LogP contribution >= 0.6 is 0 Å². The first-order chi connectivity index (χ1) is 24.3. The number of aryl methyl sites for hydroxylation is 2. The molecular formula is C49H44Hf. The van der Waals surface area contributed by atoms with Gasteiger partial charge in [-0.2, -0.15) is 0 Å². The van der Waals surface area contributed by atoms with Crippen molar-refractivity contribution in [1.82, 2.24) is 0 Å². The normalized spacial score (nSPS) is 19.1. The Bertz CT molecular complexity index is 2120. The van der Waals surface area contributed by atoms with Gasteiger partial charge in [0.1, 0.15) is 0 Å². The van der Waals surface area contributed by atoms with Crippen molar-refractivity contribution < 1.29 is 20.0 Å². The first-order valence-corrected chi connectivity index (χ1v) is 29.6. The second-order valence-corrected chi connectivity index (χ2v) is 32.9. The zero-order chi connectivity index (χ0) is 34.0. The van der Waals surface area contributed by atoms with Crippen LogP contribution in [0.4, 0.5) is 0 Å². The Labute approximate surface area is 302 Å². The SMILES string of the molecule is Cc1ccc(-c2cccc3c2C=C2[CH]3[Hf]([CH3])([CH3])[CH]3C(=Cc4c(-c5ccc(C)cc5)cccc43)C2(Cc2ccccc2)Cc2ccccc2)cc1. The molecule has 0 amide bonds. The maximum atomic E-state index is 2.78. The van der Waals surface area contributed by atoms with Gasteiger partial charge in [0.2, 0.25) is 0 Å². The van der Waals surface area contributed by atoms with Crippen LogP contribution in [0.2, 0.25) is 9.36 Å². The molecule has 0 N–H and O–H groups in total. The molecule has 50 heavy (non-hydrogen) atoms. The van der Waals surface area contributed by atoms with Crippen LogP contribution < -0.4 is 0 Å². The predicted octanol–water partition coefficient (Wildman–Crippen LogP) is 12.9. The number of rotatable bonds is 6. The molecule has 244 valence electrons. The summed E-state index contributed by atoms with van der Waals surface area (Å²) >= 11 is -3.29. The summed E-state index contributed by atoms with van der Waals surface area (Å²) in [5.41, 5.74) is 20.1. The molecule has 1 heterocycles. The van der Waals surface area contributed by atoms with Crippen LogP contribution in [0.3, 0.4) is 0 Å². The average Bonchev–Trinajstić information content (AvgIpc) is 3.75. The van der Waals surface area contributed by atoms with Crippen LogP contribution in [0.25, 0.3) is 34.4 Å². The standard InChI is InChI=1S/C47H38.2CH3.Hf/c1-33-19-23-37(24-20-33)43-17-9-15-39-27-41(29-45(39)43)47(31-35-11-5-3-6-12-35,32-36-13-7-4-8-14-36)42-28-40-16-10-18-44(46(40)30-42)38-25-21-34(2)22-26-38;;;/h3-30H,31-32H2,1-2H3;2*1H3;. The van der Waals surface area contributed by atoms with Crippen LogP contribution in [0, 0.1) is 19.3 Å². The van der Waals surface area contributed by atoms with Crippen molar-refractivity contribution in [2.75, 3.05) is 0 Å². The van der Waals surface area contributed by atoms with Gasteiger partial charge in [-0.3, -0.25) is 0 Å². The number of benzene rings is 6. The molecule has 0 saturated carbocycles. The molecule has 1 saturated heterocycles. The Hall–Kier alpha value is -4.33. The molecule has 2 atom stereocenters. The van der Waals surface area contributed by atoms with Gasteiger partial charge in [0, 0.05) is 0 Å². The van der Waals surface area contributed by atoms with Crippen molar-refractivity contribution >= 4 is 12.2 Å². The van der Waals surface area contributed by atoms with Crippen molar-refractivity contribution in [2.45, 2.75) is 43.4 Å². The van der Waals surface area contributed by atoms with Gasteiger partial charge in [-0.15, -0.1) is 0 Å². The molecule has 0 radical (unpaired) electrons. The molecule has 2 unspecified atom stereocenters. The van der Waals surface area contributed by atoms with Gasteiger partial charge in [-0.25, -0.2) is 0 Å². The molecular weight excluding hydrogens is 767 g/mol. The zero-order valence-electron chi connectivity index (χ0n) is 29.6. The van der Waals surface area contributed by atoms with E-state index >= 15 is 0 Å². The van der Waals surface area contributed by atoms with Gasteiger partial charge in [0.15, 0.2) is 0 Å². The second kappa shape index (κ2) is 12.2. The third-order valence-electron chi connectivity index (χ3n) is 12.1. The second-order valence-electron chi connectivity index (χ2n) is 15.6. The van der Waals surface area contributed by atoms with Crippen molar-refractivity contribution in [3.05, 3.63) is 201 Å². The number of fused-ring (bicyclic) bond motifs is 6. The van der Waals surface area contributed by atoms with E-state index in [-0.39, 0.29) is 5.41 Å². The third-order valence-corrected chi connectivity index (χ3v) is 27.3. The molecule has 1 aliphatic heterocycles. The van der Waals surface area contributed by atoms with E-state index in [1.807, 2.05) is 0 Å². The Morgan fingerprint density at radius 3 is 1.26 bits per heavy atom. The first kappa shape index (κ1) is 31.6. The molecule has 9 rings (SSSR count). The van der Waals surface area contributed by atoms with Gasteiger partial charge in [-0.1, -0.05) is 0 Å². The molecule has 3 aliphatic rings. The molecule has 0 aromatic heterocycles. The summed E-state index contributed by atoms with van der Waals surface area (Å²) in [5, 5.41) is 0.